The number of hydrogen-bond donors (Lipinski definition) is 1. The van der Waals surface area contributed by atoms with E-state index >= 15 is 0 Å². The van der Waals surface area contributed by atoms with Gasteiger partial charge in [-0.1, -0.05) is 17.3 Å². The van der Waals surface area contributed by atoms with Crippen molar-refractivity contribution < 1.29 is 23.6 Å². The molecule has 1 aromatic carbocycles. The smallest absolute Gasteiger partial charge is 0.308 e. The lowest BCUT2D eigenvalue weighted by atomic mass is 10.0. The first-order valence-corrected chi connectivity index (χ1v) is 7.47. The highest BCUT2D eigenvalue weighted by Gasteiger charge is 2.18. The van der Waals surface area contributed by atoms with Crippen LogP contribution < -0.4 is 10.1 Å². The molecule has 0 aliphatic carbocycles. The molecular weight excluding hydrogens is 312 g/mol. The first kappa shape index (κ1) is 17.5. The van der Waals surface area contributed by atoms with Gasteiger partial charge < -0.3 is 19.3 Å². The van der Waals surface area contributed by atoms with Crippen molar-refractivity contribution in [1.82, 2.24) is 10.5 Å². The third-order valence-corrected chi connectivity index (χ3v) is 3.32. The van der Waals surface area contributed by atoms with Crippen molar-refractivity contribution in [2.45, 2.75) is 32.9 Å². The first-order valence-electron chi connectivity index (χ1n) is 7.47. The second kappa shape index (κ2) is 8.14. The SMILES string of the molecule is COc1ccc(C(CC(=O)OCc2cc(C)no2)NC(C)=O)cc1. The number of aromatic nitrogens is 1. The lowest BCUT2D eigenvalue weighted by Crippen LogP contribution is -2.28. The monoisotopic (exact) mass is 332 g/mol. The Morgan fingerprint density at radius 3 is 2.54 bits per heavy atom. The van der Waals surface area contributed by atoms with Gasteiger partial charge in [0.2, 0.25) is 5.91 Å². The first-order chi connectivity index (χ1) is 11.5. The van der Waals surface area contributed by atoms with Crippen LogP contribution in [-0.4, -0.2) is 24.1 Å². The van der Waals surface area contributed by atoms with E-state index in [4.69, 9.17) is 14.0 Å². The Morgan fingerprint density at radius 1 is 1.29 bits per heavy atom. The fourth-order valence-corrected chi connectivity index (χ4v) is 2.20. The zero-order valence-corrected chi connectivity index (χ0v) is 13.9. The maximum Gasteiger partial charge on any atom is 0.308 e. The van der Waals surface area contributed by atoms with Crippen LogP contribution in [0.25, 0.3) is 0 Å². The molecule has 2 rings (SSSR count). The highest BCUT2D eigenvalue weighted by Crippen LogP contribution is 2.21. The van der Waals surface area contributed by atoms with Gasteiger partial charge in [0.15, 0.2) is 12.4 Å². The highest BCUT2D eigenvalue weighted by molar-refractivity contribution is 5.76. The molecule has 0 saturated heterocycles. The van der Waals surface area contributed by atoms with E-state index < -0.39 is 12.0 Å². The Labute approximate surface area is 139 Å². The minimum Gasteiger partial charge on any atom is -0.497 e. The van der Waals surface area contributed by atoms with E-state index in [0.717, 1.165) is 11.3 Å². The molecule has 1 aromatic heterocycles. The second-order valence-corrected chi connectivity index (χ2v) is 5.33. The number of aryl methyl sites for hydroxylation is 1. The van der Waals surface area contributed by atoms with Crippen LogP contribution in [-0.2, 0) is 20.9 Å². The van der Waals surface area contributed by atoms with Gasteiger partial charge in [-0.2, -0.15) is 0 Å². The highest BCUT2D eigenvalue weighted by atomic mass is 16.5. The molecule has 0 bridgehead atoms. The van der Waals surface area contributed by atoms with Crippen LogP contribution in [0.2, 0.25) is 0 Å². The molecule has 0 aliphatic heterocycles. The molecular formula is C17H20N2O5. The number of esters is 1. The molecule has 1 atom stereocenters. The predicted octanol–water partition coefficient (Wildman–Crippen LogP) is 2.30. The standard InChI is InChI=1S/C17H20N2O5/c1-11-8-15(24-19-11)10-23-17(21)9-16(18-12(2)20)13-4-6-14(22-3)7-5-13/h4-8,16H,9-10H2,1-3H3,(H,18,20). The fraction of sp³-hybridized carbons (Fsp3) is 0.353. The molecule has 1 N–H and O–H groups in total. The molecule has 1 unspecified atom stereocenters. The molecule has 24 heavy (non-hydrogen) atoms. The summed E-state index contributed by atoms with van der Waals surface area (Å²) in [5, 5.41) is 6.47. The lowest BCUT2D eigenvalue weighted by molar-refractivity contribution is -0.146. The van der Waals surface area contributed by atoms with Crippen molar-refractivity contribution in [2.75, 3.05) is 7.11 Å². The zero-order chi connectivity index (χ0) is 17.5. The summed E-state index contributed by atoms with van der Waals surface area (Å²) in [6.45, 7) is 3.19. The predicted molar refractivity (Wildman–Crippen MR) is 85.2 cm³/mol. The number of nitrogens with zero attached hydrogens (tertiary/aromatic N) is 1. The molecule has 0 fully saturated rings. The average Bonchev–Trinajstić information content (AvgIpc) is 2.97. The van der Waals surface area contributed by atoms with Crippen LogP contribution in [0.15, 0.2) is 34.9 Å². The fourth-order valence-electron chi connectivity index (χ4n) is 2.20. The van der Waals surface area contributed by atoms with E-state index in [1.54, 1.807) is 44.4 Å². The Balaban J connectivity index is 1.98. The number of carbonyl (C=O) groups excluding carboxylic acids is 2. The van der Waals surface area contributed by atoms with Crippen molar-refractivity contribution in [3.8, 4) is 5.75 Å². The molecule has 2 aromatic rings. The van der Waals surface area contributed by atoms with Crippen LogP contribution >= 0.6 is 0 Å². The summed E-state index contributed by atoms with van der Waals surface area (Å²) in [6.07, 6.45) is 0.0129. The third kappa shape index (κ3) is 5.12. The number of amides is 1. The zero-order valence-electron chi connectivity index (χ0n) is 13.9. The van der Waals surface area contributed by atoms with Crippen molar-refractivity contribution >= 4 is 11.9 Å². The summed E-state index contributed by atoms with van der Waals surface area (Å²) in [7, 11) is 1.57. The Morgan fingerprint density at radius 2 is 2.00 bits per heavy atom. The summed E-state index contributed by atoms with van der Waals surface area (Å²) >= 11 is 0. The second-order valence-electron chi connectivity index (χ2n) is 5.33. The molecule has 0 spiro atoms. The largest absolute Gasteiger partial charge is 0.497 e. The van der Waals surface area contributed by atoms with E-state index in [9.17, 15) is 9.59 Å². The minimum absolute atomic E-state index is 0.00901. The van der Waals surface area contributed by atoms with Gasteiger partial charge in [0.1, 0.15) is 5.75 Å². The average molecular weight is 332 g/mol. The topological polar surface area (TPSA) is 90.7 Å². The maximum atomic E-state index is 12.1. The number of carbonyl (C=O) groups is 2. The van der Waals surface area contributed by atoms with E-state index in [2.05, 4.69) is 10.5 Å². The quantitative estimate of drug-likeness (QED) is 0.782. The molecule has 7 nitrogen and oxygen atoms in total. The lowest BCUT2D eigenvalue weighted by Gasteiger charge is -2.17. The summed E-state index contributed by atoms with van der Waals surface area (Å²) in [4.78, 5) is 23.5. The van der Waals surface area contributed by atoms with Crippen LogP contribution in [0.4, 0.5) is 0 Å². The van der Waals surface area contributed by atoms with Gasteiger partial charge >= 0.3 is 5.97 Å². The van der Waals surface area contributed by atoms with Gasteiger partial charge in [0.05, 0.1) is 25.3 Å². The van der Waals surface area contributed by atoms with Gasteiger partial charge in [0, 0.05) is 13.0 Å². The molecule has 1 heterocycles. The van der Waals surface area contributed by atoms with Gasteiger partial charge in [-0.3, -0.25) is 9.59 Å². The number of benzene rings is 1. The van der Waals surface area contributed by atoms with E-state index in [1.807, 2.05) is 0 Å². The van der Waals surface area contributed by atoms with Crippen LogP contribution in [0.5, 0.6) is 5.75 Å². The number of nitrogens with one attached hydrogen (secondary N) is 1. The minimum atomic E-state index is -0.475. The summed E-state index contributed by atoms with van der Waals surface area (Å²) in [6, 6.07) is 8.36. The molecule has 0 saturated carbocycles. The van der Waals surface area contributed by atoms with Gasteiger partial charge in [-0.25, -0.2) is 0 Å². The molecule has 1 amide bonds. The Bertz CT molecular complexity index is 693. The normalized spacial score (nSPS) is 11.6. The van der Waals surface area contributed by atoms with E-state index in [0.29, 0.717) is 11.5 Å². The number of methoxy groups -OCH3 is 1. The van der Waals surface area contributed by atoms with Crippen LogP contribution in [0.1, 0.15) is 36.4 Å². The number of ether oxygens (including phenoxy) is 2. The van der Waals surface area contributed by atoms with Crippen LogP contribution in [0, 0.1) is 6.92 Å². The van der Waals surface area contributed by atoms with E-state index in [1.165, 1.54) is 6.92 Å². The van der Waals surface area contributed by atoms with Gasteiger partial charge in [-0.15, -0.1) is 0 Å². The third-order valence-electron chi connectivity index (χ3n) is 3.32. The number of rotatable bonds is 7. The molecule has 128 valence electrons. The summed E-state index contributed by atoms with van der Waals surface area (Å²) in [5.41, 5.74) is 1.51. The molecule has 0 aliphatic rings. The molecule has 7 heteroatoms. The molecule has 0 radical (unpaired) electrons. The van der Waals surface area contributed by atoms with Gasteiger partial charge in [0.25, 0.3) is 0 Å². The van der Waals surface area contributed by atoms with Gasteiger partial charge in [-0.05, 0) is 24.6 Å². The van der Waals surface area contributed by atoms with E-state index in [-0.39, 0.29) is 18.9 Å². The van der Waals surface area contributed by atoms with Crippen molar-refractivity contribution in [1.29, 1.82) is 0 Å². The number of hydrogen-bond acceptors (Lipinski definition) is 6. The maximum absolute atomic E-state index is 12.1. The summed E-state index contributed by atoms with van der Waals surface area (Å²) < 4.78 is 15.3. The van der Waals surface area contributed by atoms with Crippen molar-refractivity contribution in [3.05, 3.63) is 47.3 Å². The van der Waals surface area contributed by atoms with Crippen molar-refractivity contribution in [3.63, 3.8) is 0 Å². The van der Waals surface area contributed by atoms with Crippen LogP contribution in [0.3, 0.4) is 0 Å². The Kier molecular flexibility index (Phi) is 5.95. The Hall–Kier alpha value is -2.83. The van der Waals surface area contributed by atoms with Crippen molar-refractivity contribution in [2.24, 2.45) is 0 Å². The summed E-state index contributed by atoms with van der Waals surface area (Å²) in [5.74, 6) is 0.498.